The minimum absolute atomic E-state index is 0.202. The first kappa shape index (κ1) is 10.5. The van der Waals surface area contributed by atoms with Crippen LogP contribution in [0.25, 0.3) is 0 Å². The van der Waals surface area contributed by atoms with E-state index in [0.29, 0.717) is 0 Å². The zero-order valence-electron chi connectivity index (χ0n) is 9.08. The molecule has 0 fully saturated rings. The molecule has 1 heterocycles. The van der Waals surface area contributed by atoms with Crippen LogP contribution in [0.5, 0.6) is 0 Å². The SMILES string of the molecule is CCCCCC[C@@]1(C)CN=NN1C. The van der Waals surface area contributed by atoms with Crippen LogP contribution in [0.4, 0.5) is 0 Å². The summed E-state index contributed by atoms with van der Waals surface area (Å²) in [7, 11) is 2.02. The number of hydrogen-bond acceptors (Lipinski definition) is 3. The lowest BCUT2D eigenvalue weighted by Gasteiger charge is -2.29. The fraction of sp³-hybridized carbons (Fsp3) is 1.00. The highest BCUT2D eigenvalue weighted by molar-refractivity contribution is 4.87. The summed E-state index contributed by atoms with van der Waals surface area (Å²) >= 11 is 0. The smallest absolute Gasteiger partial charge is 0.0866 e. The minimum Gasteiger partial charge on any atom is -0.274 e. The van der Waals surface area contributed by atoms with Crippen LogP contribution >= 0.6 is 0 Å². The summed E-state index contributed by atoms with van der Waals surface area (Å²) in [5.41, 5.74) is 0.202. The Bertz CT molecular complexity index is 179. The number of hydrogen-bond donors (Lipinski definition) is 0. The number of rotatable bonds is 5. The molecular weight excluding hydrogens is 162 g/mol. The van der Waals surface area contributed by atoms with Gasteiger partial charge in [-0.15, -0.1) is 0 Å². The summed E-state index contributed by atoms with van der Waals surface area (Å²) < 4.78 is 0. The molecule has 0 unspecified atom stereocenters. The van der Waals surface area contributed by atoms with Gasteiger partial charge in [-0.05, 0) is 13.3 Å². The molecule has 0 bridgehead atoms. The zero-order valence-corrected chi connectivity index (χ0v) is 9.08. The Balaban J connectivity index is 2.20. The second-order valence-electron chi connectivity index (χ2n) is 4.22. The van der Waals surface area contributed by atoms with Crippen LogP contribution in [0.3, 0.4) is 0 Å². The van der Waals surface area contributed by atoms with E-state index < -0.39 is 0 Å². The molecule has 1 aliphatic rings. The van der Waals surface area contributed by atoms with Gasteiger partial charge in [0, 0.05) is 7.05 Å². The van der Waals surface area contributed by atoms with Crippen LogP contribution in [-0.4, -0.2) is 24.1 Å². The summed E-state index contributed by atoms with van der Waals surface area (Å²) in [4.78, 5) is 0. The molecule has 0 aromatic carbocycles. The highest BCUT2D eigenvalue weighted by Crippen LogP contribution is 2.26. The van der Waals surface area contributed by atoms with E-state index >= 15 is 0 Å². The highest BCUT2D eigenvalue weighted by atomic mass is 15.6. The van der Waals surface area contributed by atoms with Crippen molar-refractivity contribution in [1.82, 2.24) is 5.01 Å². The van der Waals surface area contributed by atoms with Gasteiger partial charge >= 0.3 is 0 Å². The van der Waals surface area contributed by atoms with Crippen LogP contribution in [-0.2, 0) is 0 Å². The van der Waals surface area contributed by atoms with Gasteiger partial charge in [-0.1, -0.05) is 37.8 Å². The van der Waals surface area contributed by atoms with Gasteiger partial charge in [0.1, 0.15) is 0 Å². The second-order valence-corrected chi connectivity index (χ2v) is 4.22. The Morgan fingerprint density at radius 1 is 1.31 bits per heavy atom. The molecular formula is C10H21N3. The topological polar surface area (TPSA) is 28.0 Å². The molecule has 0 saturated heterocycles. The van der Waals surface area contributed by atoms with E-state index in [1.165, 1.54) is 32.1 Å². The largest absolute Gasteiger partial charge is 0.274 e. The number of unbranched alkanes of at least 4 members (excludes halogenated alkanes) is 3. The third-order valence-electron chi connectivity index (χ3n) is 2.96. The van der Waals surface area contributed by atoms with Crippen LogP contribution in [0, 0.1) is 0 Å². The fourth-order valence-corrected chi connectivity index (χ4v) is 1.66. The van der Waals surface area contributed by atoms with Crippen molar-refractivity contribution in [3.8, 4) is 0 Å². The van der Waals surface area contributed by atoms with Gasteiger partial charge in [-0.2, -0.15) is 5.11 Å². The minimum atomic E-state index is 0.202. The summed E-state index contributed by atoms with van der Waals surface area (Å²) in [6.07, 6.45) is 6.53. The first-order valence-corrected chi connectivity index (χ1v) is 5.30. The normalized spacial score (nSPS) is 27.2. The van der Waals surface area contributed by atoms with Crippen LogP contribution in [0.2, 0.25) is 0 Å². The molecule has 13 heavy (non-hydrogen) atoms. The lowest BCUT2D eigenvalue weighted by Crippen LogP contribution is -2.39. The van der Waals surface area contributed by atoms with Crippen LogP contribution < -0.4 is 0 Å². The molecule has 0 radical (unpaired) electrons. The molecule has 3 heteroatoms. The molecule has 0 N–H and O–H groups in total. The van der Waals surface area contributed by atoms with E-state index in [-0.39, 0.29) is 5.54 Å². The van der Waals surface area contributed by atoms with E-state index in [4.69, 9.17) is 0 Å². The summed E-state index contributed by atoms with van der Waals surface area (Å²) in [5.74, 6) is 0. The van der Waals surface area contributed by atoms with Gasteiger partial charge in [0.2, 0.25) is 0 Å². The molecule has 1 aliphatic heterocycles. The van der Waals surface area contributed by atoms with E-state index in [1.807, 2.05) is 12.1 Å². The van der Waals surface area contributed by atoms with E-state index in [9.17, 15) is 0 Å². The Labute approximate surface area is 81.2 Å². The average Bonchev–Trinajstić information content (AvgIpc) is 2.42. The average molecular weight is 183 g/mol. The van der Waals surface area contributed by atoms with Crippen molar-refractivity contribution in [2.45, 2.75) is 51.5 Å². The molecule has 3 nitrogen and oxygen atoms in total. The van der Waals surface area contributed by atoms with Crippen molar-refractivity contribution < 1.29 is 0 Å². The van der Waals surface area contributed by atoms with Crippen molar-refractivity contribution in [3.63, 3.8) is 0 Å². The third kappa shape index (κ3) is 2.68. The zero-order chi connectivity index (χ0) is 9.73. The highest BCUT2D eigenvalue weighted by Gasteiger charge is 2.32. The van der Waals surface area contributed by atoms with Gasteiger partial charge in [0.05, 0.1) is 12.1 Å². The van der Waals surface area contributed by atoms with Gasteiger partial charge in [-0.3, -0.25) is 5.01 Å². The quantitative estimate of drug-likeness (QED) is 0.602. The van der Waals surface area contributed by atoms with Gasteiger partial charge in [-0.25, -0.2) is 0 Å². The Morgan fingerprint density at radius 3 is 2.62 bits per heavy atom. The number of nitrogens with zero attached hydrogens (tertiary/aromatic N) is 3. The lowest BCUT2D eigenvalue weighted by molar-refractivity contribution is 0.168. The maximum Gasteiger partial charge on any atom is 0.0866 e. The van der Waals surface area contributed by atoms with Crippen molar-refractivity contribution >= 4 is 0 Å². The van der Waals surface area contributed by atoms with Crippen molar-refractivity contribution in [1.29, 1.82) is 0 Å². The van der Waals surface area contributed by atoms with Gasteiger partial charge < -0.3 is 0 Å². The Morgan fingerprint density at radius 2 is 2.08 bits per heavy atom. The summed E-state index contributed by atoms with van der Waals surface area (Å²) in [5, 5.41) is 10.1. The molecule has 0 spiro atoms. The Hall–Kier alpha value is -0.600. The first-order chi connectivity index (χ1) is 6.19. The summed E-state index contributed by atoms with van der Waals surface area (Å²) in [6.45, 7) is 5.36. The predicted octanol–water partition coefficient (Wildman–Crippen LogP) is 3.03. The molecule has 76 valence electrons. The maximum atomic E-state index is 4.07. The molecule has 0 amide bonds. The molecule has 0 saturated carbocycles. The molecule has 0 aromatic rings. The van der Waals surface area contributed by atoms with E-state index in [1.54, 1.807) is 0 Å². The fourth-order valence-electron chi connectivity index (χ4n) is 1.66. The van der Waals surface area contributed by atoms with Crippen LogP contribution in [0.1, 0.15) is 46.0 Å². The molecule has 0 aromatic heterocycles. The Kier molecular flexibility index (Phi) is 3.70. The summed E-state index contributed by atoms with van der Waals surface area (Å²) in [6, 6.07) is 0. The van der Waals surface area contributed by atoms with Crippen molar-refractivity contribution in [2.75, 3.05) is 13.6 Å². The van der Waals surface area contributed by atoms with E-state index in [2.05, 4.69) is 24.2 Å². The molecule has 1 rings (SSSR count). The lowest BCUT2D eigenvalue weighted by atomic mass is 9.94. The maximum absolute atomic E-state index is 4.07. The molecule has 1 atom stereocenters. The van der Waals surface area contributed by atoms with Gasteiger partial charge in [0.25, 0.3) is 0 Å². The van der Waals surface area contributed by atoms with E-state index in [0.717, 1.165) is 6.54 Å². The van der Waals surface area contributed by atoms with Crippen LogP contribution in [0.15, 0.2) is 10.3 Å². The van der Waals surface area contributed by atoms with Gasteiger partial charge in [0.15, 0.2) is 0 Å². The monoisotopic (exact) mass is 183 g/mol. The first-order valence-electron chi connectivity index (χ1n) is 5.30. The van der Waals surface area contributed by atoms with Crippen molar-refractivity contribution in [2.24, 2.45) is 10.3 Å². The standard InChI is InChI=1S/C10H21N3/c1-4-5-6-7-8-10(2)9-11-12-13(10)3/h4-9H2,1-3H3/t10-/m0/s1. The second kappa shape index (κ2) is 4.58. The predicted molar refractivity (Wildman–Crippen MR) is 54.7 cm³/mol. The number of likely N-dealkylation sites (N-methyl/N-ethyl adjacent to an activating group) is 1. The molecule has 0 aliphatic carbocycles. The third-order valence-corrected chi connectivity index (χ3v) is 2.96. The van der Waals surface area contributed by atoms with Crippen molar-refractivity contribution in [3.05, 3.63) is 0 Å².